The summed E-state index contributed by atoms with van der Waals surface area (Å²) in [5, 5.41) is 2.17. The van der Waals surface area contributed by atoms with Crippen LogP contribution >= 0.6 is 18.6 Å². The summed E-state index contributed by atoms with van der Waals surface area (Å²) < 4.78 is 12.7. The molecule has 32 heavy (non-hydrogen) atoms. The number of benzene rings is 2. The normalized spacial score (nSPS) is 13.8. The summed E-state index contributed by atoms with van der Waals surface area (Å²) in [5.41, 5.74) is 6.43. The fourth-order valence-electron chi connectivity index (χ4n) is 4.00. The molecule has 0 saturated heterocycles. The van der Waals surface area contributed by atoms with E-state index in [9.17, 15) is 0 Å². The first kappa shape index (κ1) is 25.3. The van der Waals surface area contributed by atoms with Gasteiger partial charge in [0, 0.05) is 33.1 Å². The highest BCUT2D eigenvalue weighted by atomic mass is 35.7. The second-order valence-corrected chi connectivity index (χ2v) is 14.8. The molecule has 0 aliphatic heterocycles. The van der Waals surface area contributed by atoms with Crippen LogP contribution in [0.5, 0.6) is 0 Å². The molecule has 0 radical (unpaired) electrons. The van der Waals surface area contributed by atoms with E-state index >= 15 is 0 Å². The maximum atomic E-state index is 6.70. The molecular formula is C28H40ClO2P. The maximum Gasteiger partial charge on any atom is 0.327 e. The lowest BCUT2D eigenvalue weighted by atomic mass is 9.77. The zero-order valence-electron chi connectivity index (χ0n) is 22.0. The standard InChI is InChI=1S/C28H40ClO2P/c1-25(2,3)17-13-19-20-14-18(26(4,5)6)16-22(28(10,11)12)24(20)31-32(29)30-23(19)21(15-17)27(7,8)9/h13-16H,1-12H3. The fourth-order valence-corrected chi connectivity index (χ4v) is 5.13. The Morgan fingerprint density at radius 1 is 0.531 bits per heavy atom. The third-order valence-corrected chi connectivity index (χ3v) is 7.21. The van der Waals surface area contributed by atoms with Gasteiger partial charge in [-0.05, 0) is 44.9 Å². The molecule has 2 aromatic carbocycles. The number of halogens is 1. The summed E-state index contributed by atoms with van der Waals surface area (Å²) in [4.78, 5) is 0. The highest BCUT2D eigenvalue weighted by Crippen LogP contribution is 2.46. The van der Waals surface area contributed by atoms with Gasteiger partial charge >= 0.3 is 7.37 Å². The van der Waals surface area contributed by atoms with Gasteiger partial charge in [0.1, 0.15) is 11.2 Å². The van der Waals surface area contributed by atoms with Crippen molar-refractivity contribution in [2.45, 2.75) is 105 Å². The Labute approximate surface area is 200 Å². The van der Waals surface area contributed by atoms with Crippen molar-refractivity contribution in [2.24, 2.45) is 0 Å². The van der Waals surface area contributed by atoms with E-state index in [1.54, 1.807) is 0 Å². The van der Waals surface area contributed by atoms with Crippen LogP contribution in [0.1, 0.15) is 105 Å². The van der Waals surface area contributed by atoms with Crippen LogP contribution in [0.15, 0.2) is 32.7 Å². The quantitative estimate of drug-likeness (QED) is 0.323. The van der Waals surface area contributed by atoms with Gasteiger partial charge in [0.15, 0.2) is 0 Å². The van der Waals surface area contributed by atoms with Crippen LogP contribution in [0.4, 0.5) is 0 Å². The molecule has 0 aliphatic carbocycles. The maximum absolute atomic E-state index is 6.70. The van der Waals surface area contributed by atoms with E-state index in [1.807, 2.05) is 0 Å². The lowest BCUT2D eigenvalue weighted by molar-refractivity contribution is 0.558. The summed E-state index contributed by atoms with van der Waals surface area (Å²) in [6, 6.07) is 9.17. The molecule has 4 heteroatoms. The monoisotopic (exact) mass is 474 g/mol. The van der Waals surface area contributed by atoms with Crippen LogP contribution < -0.4 is 0 Å². The first-order valence-corrected chi connectivity index (χ1v) is 13.6. The molecule has 0 fully saturated rings. The summed E-state index contributed by atoms with van der Waals surface area (Å²) in [5.74, 6) is 0. The van der Waals surface area contributed by atoms with E-state index in [1.165, 1.54) is 22.3 Å². The van der Waals surface area contributed by atoms with E-state index in [2.05, 4.69) is 107 Å². The van der Waals surface area contributed by atoms with Crippen LogP contribution in [0, 0.1) is 0 Å². The Balaban J connectivity index is 2.74. The van der Waals surface area contributed by atoms with Crippen LogP contribution in [0.25, 0.3) is 21.9 Å². The molecule has 3 rings (SSSR count). The minimum Gasteiger partial charge on any atom is -0.408 e. The third-order valence-electron chi connectivity index (χ3n) is 6.14. The highest BCUT2D eigenvalue weighted by molar-refractivity contribution is 7.68. The second-order valence-electron chi connectivity index (χ2n) is 13.2. The van der Waals surface area contributed by atoms with Crippen LogP contribution in [-0.2, 0) is 21.7 Å². The van der Waals surface area contributed by atoms with Gasteiger partial charge < -0.3 is 8.39 Å². The van der Waals surface area contributed by atoms with Gasteiger partial charge in [-0.3, -0.25) is 0 Å². The Hall–Kier alpha value is -1.37. The van der Waals surface area contributed by atoms with Crippen molar-refractivity contribution in [3.8, 4) is 0 Å². The number of fused-ring (bicyclic) bond motifs is 3. The van der Waals surface area contributed by atoms with Crippen LogP contribution in [-0.4, -0.2) is 0 Å². The zero-order valence-corrected chi connectivity index (χ0v) is 23.6. The Kier molecular flexibility index (Phi) is 6.19. The van der Waals surface area contributed by atoms with Crippen molar-refractivity contribution < 1.29 is 8.39 Å². The average Bonchev–Trinajstić information content (AvgIpc) is 2.71. The van der Waals surface area contributed by atoms with Gasteiger partial charge in [-0.25, -0.2) is 0 Å². The van der Waals surface area contributed by atoms with Gasteiger partial charge in [0.05, 0.1) is 0 Å². The van der Waals surface area contributed by atoms with Crippen molar-refractivity contribution in [1.29, 1.82) is 0 Å². The summed E-state index contributed by atoms with van der Waals surface area (Å²) in [6.45, 7) is 26.9. The molecule has 2 nitrogen and oxygen atoms in total. The molecule has 0 N–H and O–H groups in total. The SMILES string of the molecule is CC(C)(C)c1cc(C(C)(C)C)c2op(Cl)oc3c(C(C)(C)C)cc(C(C)(C)C)cc3c2c1. The average molecular weight is 475 g/mol. The molecule has 1 heterocycles. The predicted molar refractivity (Wildman–Crippen MR) is 142 cm³/mol. The smallest absolute Gasteiger partial charge is 0.327 e. The number of hydrogen-bond donors (Lipinski definition) is 0. The molecule has 0 aliphatic rings. The third kappa shape index (κ3) is 4.92. The summed E-state index contributed by atoms with van der Waals surface area (Å²) in [7, 11) is -1.62. The molecule has 0 amide bonds. The van der Waals surface area contributed by atoms with Gasteiger partial charge in [0.25, 0.3) is 0 Å². The van der Waals surface area contributed by atoms with Gasteiger partial charge in [-0.1, -0.05) is 95.2 Å². The number of hydrogen-bond acceptors (Lipinski definition) is 2. The predicted octanol–water partition coefficient (Wildman–Crippen LogP) is 10.5. The van der Waals surface area contributed by atoms with E-state index < -0.39 is 7.37 Å². The Bertz CT molecular complexity index is 1110. The minimum atomic E-state index is -1.62. The van der Waals surface area contributed by atoms with Crippen LogP contribution in [0.2, 0.25) is 0 Å². The van der Waals surface area contributed by atoms with Crippen molar-refractivity contribution >= 4 is 40.5 Å². The largest absolute Gasteiger partial charge is 0.408 e. The van der Waals surface area contributed by atoms with E-state index in [4.69, 9.17) is 19.6 Å². The van der Waals surface area contributed by atoms with Crippen LogP contribution in [0.3, 0.4) is 0 Å². The van der Waals surface area contributed by atoms with Crippen molar-refractivity contribution in [1.82, 2.24) is 0 Å². The molecule has 0 spiro atoms. The molecule has 0 unspecified atom stereocenters. The summed E-state index contributed by atoms with van der Waals surface area (Å²) in [6.07, 6.45) is 0. The van der Waals surface area contributed by atoms with Crippen molar-refractivity contribution in [3.63, 3.8) is 0 Å². The zero-order chi connectivity index (χ0) is 24.4. The van der Waals surface area contributed by atoms with E-state index in [0.717, 1.165) is 21.9 Å². The second kappa shape index (κ2) is 7.85. The van der Waals surface area contributed by atoms with E-state index in [-0.39, 0.29) is 21.7 Å². The molecule has 0 bridgehead atoms. The highest BCUT2D eigenvalue weighted by Gasteiger charge is 2.28. The Morgan fingerprint density at radius 3 is 1.09 bits per heavy atom. The molecule has 176 valence electrons. The fraction of sp³-hybridized carbons (Fsp3) is 0.571. The molecule has 0 saturated carbocycles. The van der Waals surface area contributed by atoms with Gasteiger partial charge in [-0.2, -0.15) is 0 Å². The van der Waals surface area contributed by atoms with E-state index in [0.29, 0.717) is 0 Å². The lowest BCUT2D eigenvalue weighted by Crippen LogP contribution is -2.17. The lowest BCUT2D eigenvalue weighted by Gasteiger charge is -2.27. The van der Waals surface area contributed by atoms with Gasteiger partial charge in [0.2, 0.25) is 0 Å². The first-order chi connectivity index (χ1) is 14.3. The Morgan fingerprint density at radius 2 is 0.844 bits per heavy atom. The topological polar surface area (TPSA) is 26.3 Å². The van der Waals surface area contributed by atoms with Gasteiger partial charge in [-0.15, -0.1) is 0 Å². The summed E-state index contributed by atoms with van der Waals surface area (Å²) >= 11 is 6.70. The van der Waals surface area contributed by atoms with Crippen molar-refractivity contribution in [2.75, 3.05) is 0 Å². The molecule has 0 atom stereocenters. The molecular weight excluding hydrogens is 435 g/mol. The molecule has 1 aromatic heterocycles. The number of rotatable bonds is 0. The van der Waals surface area contributed by atoms with Crippen molar-refractivity contribution in [3.05, 3.63) is 46.5 Å². The minimum absolute atomic E-state index is 0.00253. The first-order valence-electron chi connectivity index (χ1n) is 11.5. The molecule has 3 aromatic rings.